The second-order valence-corrected chi connectivity index (χ2v) is 7.85. The molecule has 0 N–H and O–H groups in total. The van der Waals surface area contributed by atoms with E-state index in [4.69, 9.17) is 0 Å². The molecule has 1 saturated heterocycles. The number of hydrogen-bond donors (Lipinski definition) is 0. The van der Waals surface area contributed by atoms with Gasteiger partial charge in [0.15, 0.2) is 0 Å². The SMILES string of the molecule is Cn1ccnc1-c1ccc2n(c1=O)C[C@H]1C[C@@H]2CN(C(=O)c2cncc(F)c2)C1. The number of aromatic nitrogens is 4. The number of halogens is 1. The smallest absolute Gasteiger partial charge is 0.261 e. The lowest BCUT2D eigenvalue weighted by Gasteiger charge is -2.42. The average Bonchev–Trinajstić information content (AvgIpc) is 3.14. The average molecular weight is 393 g/mol. The van der Waals surface area contributed by atoms with Gasteiger partial charge in [-0.25, -0.2) is 9.37 Å². The maximum atomic E-state index is 13.5. The van der Waals surface area contributed by atoms with Gasteiger partial charge in [0.1, 0.15) is 11.6 Å². The predicted octanol–water partition coefficient (Wildman–Crippen LogP) is 2.04. The quantitative estimate of drug-likeness (QED) is 0.668. The fraction of sp³-hybridized carbons (Fsp3) is 0.333. The van der Waals surface area contributed by atoms with E-state index >= 15 is 0 Å². The largest absolute Gasteiger partial charge is 0.338 e. The van der Waals surface area contributed by atoms with Gasteiger partial charge >= 0.3 is 0 Å². The lowest BCUT2D eigenvalue weighted by molar-refractivity contribution is 0.0593. The van der Waals surface area contributed by atoms with Gasteiger partial charge in [0.05, 0.1) is 17.3 Å². The fourth-order valence-corrected chi connectivity index (χ4v) is 4.62. The summed E-state index contributed by atoms with van der Waals surface area (Å²) >= 11 is 0. The van der Waals surface area contributed by atoms with Crippen LogP contribution >= 0.6 is 0 Å². The highest BCUT2D eigenvalue weighted by Gasteiger charge is 2.37. The Kier molecular flexibility index (Phi) is 4.08. The summed E-state index contributed by atoms with van der Waals surface area (Å²) in [6.07, 6.45) is 6.92. The number of rotatable bonds is 2. The first-order chi connectivity index (χ1) is 14.0. The third-order valence-electron chi connectivity index (χ3n) is 5.91. The molecule has 1 amide bonds. The van der Waals surface area contributed by atoms with E-state index in [9.17, 15) is 14.0 Å². The third kappa shape index (κ3) is 2.95. The van der Waals surface area contributed by atoms with E-state index in [1.54, 1.807) is 11.1 Å². The van der Waals surface area contributed by atoms with Crippen molar-refractivity contribution in [2.75, 3.05) is 13.1 Å². The summed E-state index contributed by atoms with van der Waals surface area (Å²) in [5, 5.41) is 0. The van der Waals surface area contributed by atoms with Crippen LogP contribution in [0.25, 0.3) is 11.4 Å². The van der Waals surface area contributed by atoms with E-state index in [1.807, 2.05) is 34.5 Å². The van der Waals surface area contributed by atoms with Crippen LogP contribution in [0.4, 0.5) is 4.39 Å². The number of piperidine rings is 1. The molecular formula is C21H20FN5O2. The zero-order valence-corrected chi connectivity index (χ0v) is 16.0. The summed E-state index contributed by atoms with van der Waals surface area (Å²) in [4.78, 5) is 35.8. The highest BCUT2D eigenvalue weighted by atomic mass is 19.1. The Hall–Kier alpha value is -3.29. The van der Waals surface area contributed by atoms with E-state index in [1.165, 1.54) is 12.3 Å². The maximum Gasteiger partial charge on any atom is 0.261 e. The number of nitrogens with zero attached hydrogens (tertiary/aromatic N) is 5. The molecule has 148 valence electrons. The Morgan fingerprint density at radius 2 is 2.07 bits per heavy atom. The number of aryl methyl sites for hydroxylation is 1. The van der Waals surface area contributed by atoms with Crippen molar-refractivity contribution in [1.29, 1.82) is 0 Å². The molecule has 2 bridgehead atoms. The first-order valence-electron chi connectivity index (χ1n) is 9.62. The van der Waals surface area contributed by atoms with E-state index in [0.29, 0.717) is 31.0 Å². The molecule has 7 nitrogen and oxygen atoms in total. The fourth-order valence-electron chi connectivity index (χ4n) is 4.62. The zero-order valence-electron chi connectivity index (χ0n) is 16.0. The molecular weight excluding hydrogens is 373 g/mol. The van der Waals surface area contributed by atoms with Gasteiger partial charge in [-0.1, -0.05) is 0 Å². The van der Waals surface area contributed by atoms with Crippen molar-refractivity contribution in [3.05, 3.63) is 70.4 Å². The Labute approximate surface area is 166 Å². The summed E-state index contributed by atoms with van der Waals surface area (Å²) in [5.41, 5.74) is 1.74. The van der Waals surface area contributed by atoms with Gasteiger partial charge in [-0.2, -0.15) is 0 Å². The van der Waals surface area contributed by atoms with Crippen molar-refractivity contribution in [2.24, 2.45) is 13.0 Å². The van der Waals surface area contributed by atoms with Gasteiger partial charge in [-0.3, -0.25) is 14.6 Å². The molecule has 5 heterocycles. The highest BCUT2D eigenvalue weighted by molar-refractivity contribution is 5.94. The number of hydrogen-bond acceptors (Lipinski definition) is 4. The van der Waals surface area contributed by atoms with Crippen LogP contribution in [0.5, 0.6) is 0 Å². The van der Waals surface area contributed by atoms with Crippen LogP contribution in [0, 0.1) is 11.7 Å². The molecule has 2 aliphatic heterocycles. The van der Waals surface area contributed by atoms with Gasteiger partial charge in [0, 0.05) is 56.9 Å². The molecule has 1 fully saturated rings. The lowest BCUT2D eigenvalue weighted by Crippen LogP contribution is -2.49. The standard InChI is InChI=1S/C21H20FN5O2/c1-25-5-4-24-19(25)17-2-3-18-15-6-13(11-27(18)21(17)29)10-26(12-15)20(28)14-7-16(22)9-23-8-14/h2-5,7-9,13,15H,6,10-12H2,1H3/t13-,15+/m0/s1. The third-order valence-corrected chi connectivity index (χ3v) is 5.91. The van der Waals surface area contributed by atoms with Crippen LogP contribution in [0.3, 0.4) is 0 Å². The summed E-state index contributed by atoms with van der Waals surface area (Å²) in [7, 11) is 1.87. The van der Waals surface area contributed by atoms with Gasteiger partial charge in [-0.15, -0.1) is 0 Å². The minimum atomic E-state index is -0.522. The first kappa shape index (κ1) is 17.8. The van der Waals surface area contributed by atoms with E-state index < -0.39 is 5.82 Å². The van der Waals surface area contributed by atoms with Crippen LogP contribution in [0.1, 0.15) is 28.4 Å². The molecule has 3 aromatic rings. The molecule has 5 rings (SSSR count). The van der Waals surface area contributed by atoms with Crippen molar-refractivity contribution in [3.63, 3.8) is 0 Å². The van der Waals surface area contributed by atoms with E-state index in [2.05, 4.69) is 9.97 Å². The second kappa shape index (κ2) is 6.65. The van der Waals surface area contributed by atoms with Crippen LogP contribution in [0.2, 0.25) is 0 Å². The van der Waals surface area contributed by atoms with Crippen LogP contribution in [0.15, 0.2) is 47.8 Å². The number of fused-ring (bicyclic) bond motifs is 4. The molecule has 0 aliphatic carbocycles. The predicted molar refractivity (Wildman–Crippen MR) is 104 cm³/mol. The second-order valence-electron chi connectivity index (χ2n) is 7.85. The molecule has 2 atom stereocenters. The summed E-state index contributed by atoms with van der Waals surface area (Å²) in [5.74, 6) is 0.174. The molecule has 8 heteroatoms. The zero-order chi connectivity index (χ0) is 20.1. The Balaban J connectivity index is 1.47. The van der Waals surface area contributed by atoms with Crippen LogP contribution in [-0.4, -0.2) is 43.0 Å². The summed E-state index contributed by atoms with van der Waals surface area (Å²) in [6, 6.07) is 5.02. The Morgan fingerprint density at radius 3 is 2.83 bits per heavy atom. The topological polar surface area (TPSA) is 73.0 Å². The summed E-state index contributed by atoms with van der Waals surface area (Å²) in [6.45, 7) is 1.62. The van der Waals surface area contributed by atoms with Crippen molar-refractivity contribution >= 4 is 5.91 Å². The molecule has 0 unspecified atom stereocenters. The number of pyridine rings is 2. The maximum absolute atomic E-state index is 13.5. The van der Waals surface area contributed by atoms with Crippen molar-refractivity contribution in [1.82, 2.24) is 24.0 Å². The minimum absolute atomic E-state index is 0.0411. The number of likely N-dealkylation sites (tertiary alicyclic amines) is 1. The van der Waals surface area contributed by atoms with Crippen molar-refractivity contribution in [3.8, 4) is 11.4 Å². The lowest BCUT2D eigenvalue weighted by atomic mass is 9.82. The Bertz CT molecular complexity index is 1170. The van der Waals surface area contributed by atoms with Gasteiger partial charge in [0.25, 0.3) is 11.5 Å². The molecule has 29 heavy (non-hydrogen) atoms. The monoisotopic (exact) mass is 393 g/mol. The molecule has 0 aromatic carbocycles. The van der Waals surface area contributed by atoms with E-state index in [0.717, 1.165) is 18.3 Å². The molecule has 0 saturated carbocycles. The minimum Gasteiger partial charge on any atom is -0.338 e. The number of carbonyl (C=O) groups is 1. The van der Waals surface area contributed by atoms with E-state index in [-0.39, 0.29) is 28.9 Å². The Morgan fingerprint density at radius 1 is 1.21 bits per heavy atom. The van der Waals surface area contributed by atoms with Gasteiger partial charge in [0.2, 0.25) is 0 Å². The number of carbonyl (C=O) groups excluding carboxylic acids is 1. The van der Waals surface area contributed by atoms with Crippen molar-refractivity contribution in [2.45, 2.75) is 18.9 Å². The summed E-state index contributed by atoms with van der Waals surface area (Å²) < 4.78 is 17.1. The molecule has 0 radical (unpaired) electrons. The normalized spacial score (nSPS) is 20.4. The first-order valence-corrected chi connectivity index (χ1v) is 9.62. The number of amides is 1. The molecule has 0 spiro atoms. The van der Waals surface area contributed by atoms with Crippen molar-refractivity contribution < 1.29 is 9.18 Å². The van der Waals surface area contributed by atoms with Crippen LogP contribution in [-0.2, 0) is 13.6 Å². The van der Waals surface area contributed by atoms with Crippen LogP contribution < -0.4 is 5.56 Å². The molecule has 3 aromatic heterocycles. The molecule has 2 aliphatic rings. The number of imidazole rings is 1. The van der Waals surface area contributed by atoms with Gasteiger partial charge < -0.3 is 14.0 Å². The highest BCUT2D eigenvalue weighted by Crippen LogP contribution is 2.36. The van der Waals surface area contributed by atoms with Gasteiger partial charge in [-0.05, 0) is 30.5 Å².